The molecule has 0 aliphatic rings. The van der Waals surface area contributed by atoms with Gasteiger partial charge in [0.05, 0.1) is 5.88 Å². The van der Waals surface area contributed by atoms with Gasteiger partial charge in [0.15, 0.2) is 11.5 Å². The van der Waals surface area contributed by atoms with Crippen LogP contribution in [0.3, 0.4) is 0 Å². The molecule has 18 heavy (non-hydrogen) atoms. The number of fused-ring (bicyclic) bond motifs is 1. The molecule has 0 bridgehead atoms. The van der Waals surface area contributed by atoms with Gasteiger partial charge in [0, 0.05) is 25.5 Å². The van der Waals surface area contributed by atoms with Crippen LogP contribution in [0, 0.1) is 6.92 Å². The molecule has 3 rings (SSSR count). The Hall–Kier alpha value is -1.88. The Morgan fingerprint density at radius 2 is 2.17 bits per heavy atom. The first-order valence-corrected chi connectivity index (χ1v) is 6.13. The number of rotatable bonds is 2. The van der Waals surface area contributed by atoms with Gasteiger partial charge in [0.1, 0.15) is 11.3 Å². The number of hydrogen-bond acceptors (Lipinski definition) is 3. The number of halogens is 1. The summed E-state index contributed by atoms with van der Waals surface area (Å²) >= 11 is 5.97. The maximum atomic E-state index is 5.97. The van der Waals surface area contributed by atoms with Crippen LogP contribution in [0.4, 0.5) is 0 Å². The summed E-state index contributed by atoms with van der Waals surface area (Å²) < 4.78 is 3.64. The third-order valence-corrected chi connectivity index (χ3v) is 3.10. The predicted octanol–water partition coefficient (Wildman–Crippen LogP) is 2.20. The average Bonchev–Trinajstić information content (AvgIpc) is 2.93. The largest absolute Gasteiger partial charge is 0.274 e. The van der Waals surface area contributed by atoms with Crippen LogP contribution >= 0.6 is 11.6 Å². The SMILES string of the molecule is Cc1ccnc2c1nc(CCl)n2-c1ccn(C)n1. The van der Waals surface area contributed by atoms with Crippen molar-refractivity contribution < 1.29 is 0 Å². The van der Waals surface area contributed by atoms with Crippen molar-refractivity contribution in [3.8, 4) is 5.82 Å². The zero-order valence-corrected chi connectivity index (χ0v) is 10.9. The third kappa shape index (κ3) is 1.59. The Balaban J connectivity index is 2.36. The van der Waals surface area contributed by atoms with Gasteiger partial charge in [-0.1, -0.05) is 0 Å². The van der Waals surface area contributed by atoms with Gasteiger partial charge >= 0.3 is 0 Å². The molecule has 0 aliphatic carbocycles. The molecule has 0 unspecified atom stereocenters. The second kappa shape index (κ2) is 4.10. The molecule has 0 atom stereocenters. The minimum atomic E-state index is 0.326. The molecule has 92 valence electrons. The fourth-order valence-corrected chi connectivity index (χ4v) is 2.17. The van der Waals surface area contributed by atoms with Crippen LogP contribution in [0.5, 0.6) is 0 Å². The lowest BCUT2D eigenvalue weighted by atomic mass is 10.3. The number of hydrogen-bond donors (Lipinski definition) is 0. The van der Waals surface area contributed by atoms with Gasteiger partial charge in [-0.3, -0.25) is 9.25 Å². The monoisotopic (exact) mass is 261 g/mol. The first-order valence-electron chi connectivity index (χ1n) is 5.59. The van der Waals surface area contributed by atoms with Crippen molar-refractivity contribution >= 4 is 22.8 Å². The molecule has 5 nitrogen and oxygen atoms in total. The molecular weight excluding hydrogens is 250 g/mol. The number of imidazole rings is 1. The fraction of sp³-hybridized carbons (Fsp3) is 0.250. The second-order valence-electron chi connectivity index (χ2n) is 4.14. The fourth-order valence-electron chi connectivity index (χ4n) is 1.99. The zero-order valence-electron chi connectivity index (χ0n) is 10.1. The van der Waals surface area contributed by atoms with E-state index in [9.17, 15) is 0 Å². The van der Waals surface area contributed by atoms with Crippen molar-refractivity contribution in [2.75, 3.05) is 0 Å². The van der Waals surface area contributed by atoms with Crippen LogP contribution in [0.25, 0.3) is 17.0 Å². The molecule has 0 saturated heterocycles. The topological polar surface area (TPSA) is 48.5 Å². The minimum Gasteiger partial charge on any atom is -0.274 e. The van der Waals surface area contributed by atoms with E-state index in [-0.39, 0.29) is 0 Å². The quantitative estimate of drug-likeness (QED) is 0.665. The number of nitrogens with zero attached hydrogens (tertiary/aromatic N) is 5. The van der Waals surface area contributed by atoms with Crippen molar-refractivity contribution in [1.29, 1.82) is 0 Å². The summed E-state index contributed by atoms with van der Waals surface area (Å²) in [4.78, 5) is 8.92. The zero-order chi connectivity index (χ0) is 12.7. The number of aromatic nitrogens is 5. The van der Waals surface area contributed by atoms with E-state index in [1.54, 1.807) is 10.9 Å². The van der Waals surface area contributed by atoms with Gasteiger partial charge in [-0.05, 0) is 18.6 Å². The number of pyridine rings is 1. The average molecular weight is 262 g/mol. The smallest absolute Gasteiger partial charge is 0.166 e. The van der Waals surface area contributed by atoms with E-state index in [1.165, 1.54) is 0 Å². The highest BCUT2D eigenvalue weighted by Crippen LogP contribution is 2.21. The van der Waals surface area contributed by atoms with Crippen LogP contribution in [-0.4, -0.2) is 24.3 Å². The lowest BCUT2D eigenvalue weighted by Gasteiger charge is -2.02. The number of aryl methyl sites for hydroxylation is 2. The molecule has 3 aromatic heterocycles. The van der Waals surface area contributed by atoms with Gasteiger partial charge in [0.25, 0.3) is 0 Å². The van der Waals surface area contributed by atoms with Crippen LogP contribution < -0.4 is 0 Å². The van der Waals surface area contributed by atoms with Gasteiger partial charge in [0.2, 0.25) is 0 Å². The normalized spacial score (nSPS) is 11.3. The summed E-state index contributed by atoms with van der Waals surface area (Å²) in [6, 6.07) is 3.86. The molecule has 0 aromatic carbocycles. The summed E-state index contributed by atoms with van der Waals surface area (Å²) in [5.41, 5.74) is 2.75. The van der Waals surface area contributed by atoms with Crippen LogP contribution in [0.2, 0.25) is 0 Å². The maximum Gasteiger partial charge on any atom is 0.166 e. The molecule has 3 aromatic rings. The second-order valence-corrected chi connectivity index (χ2v) is 4.41. The molecule has 3 heterocycles. The standard InChI is InChI=1S/C12H12ClN5/c1-8-3-5-14-12-11(8)15-10(7-13)18(12)9-4-6-17(2)16-9/h3-6H,7H2,1-2H3. The van der Waals surface area contributed by atoms with E-state index in [2.05, 4.69) is 15.1 Å². The van der Waals surface area contributed by atoms with Gasteiger partial charge in [-0.25, -0.2) is 9.97 Å². The number of alkyl halides is 1. The third-order valence-electron chi connectivity index (χ3n) is 2.87. The summed E-state index contributed by atoms with van der Waals surface area (Å²) in [6.07, 6.45) is 3.66. The van der Waals surface area contributed by atoms with E-state index in [0.717, 1.165) is 28.4 Å². The maximum absolute atomic E-state index is 5.97. The van der Waals surface area contributed by atoms with Gasteiger partial charge < -0.3 is 0 Å². The Kier molecular flexibility index (Phi) is 2.56. The Bertz CT molecular complexity index is 712. The summed E-state index contributed by atoms with van der Waals surface area (Å²) in [5.74, 6) is 1.87. The highest BCUT2D eigenvalue weighted by molar-refractivity contribution is 6.16. The summed E-state index contributed by atoms with van der Waals surface area (Å²) in [6.45, 7) is 2.01. The van der Waals surface area contributed by atoms with Crippen LogP contribution in [-0.2, 0) is 12.9 Å². The lowest BCUT2D eigenvalue weighted by molar-refractivity contribution is 0.748. The summed E-state index contributed by atoms with van der Waals surface area (Å²) in [7, 11) is 1.88. The molecule has 0 radical (unpaired) electrons. The molecule has 6 heteroatoms. The first kappa shape index (κ1) is 11.2. The van der Waals surface area contributed by atoms with E-state index in [1.807, 2.05) is 36.9 Å². The van der Waals surface area contributed by atoms with Crippen molar-refractivity contribution in [2.24, 2.45) is 7.05 Å². The van der Waals surface area contributed by atoms with E-state index in [0.29, 0.717) is 5.88 Å². The Morgan fingerprint density at radius 1 is 1.33 bits per heavy atom. The molecule has 0 spiro atoms. The molecule has 0 saturated carbocycles. The van der Waals surface area contributed by atoms with Crippen LogP contribution in [0.15, 0.2) is 24.5 Å². The van der Waals surface area contributed by atoms with E-state index < -0.39 is 0 Å². The molecule has 0 aliphatic heterocycles. The van der Waals surface area contributed by atoms with Crippen molar-refractivity contribution in [1.82, 2.24) is 24.3 Å². The van der Waals surface area contributed by atoms with Crippen molar-refractivity contribution in [3.63, 3.8) is 0 Å². The van der Waals surface area contributed by atoms with E-state index in [4.69, 9.17) is 11.6 Å². The predicted molar refractivity (Wildman–Crippen MR) is 69.9 cm³/mol. The minimum absolute atomic E-state index is 0.326. The highest BCUT2D eigenvalue weighted by atomic mass is 35.5. The summed E-state index contributed by atoms with van der Waals surface area (Å²) in [5, 5.41) is 4.38. The Labute approximate surface area is 109 Å². The van der Waals surface area contributed by atoms with Gasteiger partial charge in [-0.15, -0.1) is 11.6 Å². The van der Waals surface area contributed by atoms with Crippen molar-refractivity contribution in [2.45, 2.75) is 12.8 Å². The van der Waals surface area contributed by atoms with Gasteiger partial charge in [-0.2, -0.15) is 5.10 Å². The highest BCUT2D eigenvalue weighted by Gasteiger charge is 2.15. The molecule has 0 amide bonds. The molecular formula is C12H12ClN5. The van der Waals surface area contributed by atoms with E-state index >= 15 is 0 Å². The van der Waals surface area contributed by atoms with Crippen molar-refractivity contribution in [3.05, 3.63) is 35.9 Å². The van der Waals surface area contributed by atoms with Crippen LogP contribution in [0.1, 0.15) is 11.4 Å². The molecule has 0 fully saturated rings. The molecule has 0 N–H and O–H groups in total. The first-order chi connectivity index (χ1) is 8.70. The lowest BCUT2D eigenvalue weighted by Crippen LogP contribution is -2.02. The Morgan fingerprint density at radius 3 is 2.83 bits per heavy atom.